The Morgan fingerprint density at radius 3 is 3.08 bits per heavy atom. The van der Waals surface area contributed by atoms with E-state index in [1.807, 2.05) is 43.8 Å². The minimum Gasteiger partial charge on any atom is -0.491 e. The quantitative estimate of drug-likeness (QED) is 0.332. The van der Waals surface area contributed by atoms with Gasteiger partial charge < -0.3 is 14.2 Å². The summed E-state index contributed by atoms with van der Waals surface area (Å²) in [6.07, 6.45) is 2.21. The number of fused-ring (bicyclic) bond motifs is 3. The molecule has 2 heterocycles. The van der Waals surface area contributed by atoms with Crippen molar-refractivity contribution in [3.63, 3.8) is 0 Å². The van der Waals surface area contributed by atoms with Crippen LogP contribution in [-0.4, -0.2) is 41.4 Å². The number of aromatic nitrogens is 2. The molecule has 0 spiro atoms. The van der Waals surface area contributed by atoms with Gasteiger partial charge in [-0.2, -0.15) is 5.10 Å². The number of azide groups is 1. The van der Waals surface area contributed by atoms with Crippen LogP contribution in [-0.2, 0) is 22.4 Å². The third kappa shape index (κ3) is 3.87. The summed E-state index contributed by atoms with van der Waals surface area (Å²) in [5.74, 6) is 0.856. The second-order valence-corrected chi connectivity index (χ2v) is 6.16. The summed E-state index contributed by atoms with van der Waals surface area (Å²) in [4.78, 5) is 2.87. The smallest absolute Gasteiger partial charge is 0.155 e. The SMILES string of the molecule is CCOC(C)OC1COc2ccc3cnn(C[C@@H](C)N=[N+]=[N-])c3c2C1. The lowest BCUT2D eigenvalue weighted by atomic mass is 10.0. The number of hydrogen-bond acceptors (Lipinski definition) is 5. The van der Waals surface area contributed by atoms with E-state index in [1.165, 1.54) is 0 Å². The largest absolute Gasteiger partial charge is 0.491 e. The fourth-order valence-corrected chi connectivity index (χ4v) is 3.18. The second-order valence-electron chi connectivity index (χ2n) is 6.16. The lowest BCUT2D eigenvalue weighted by Gasteiger charge is -2.28. The van der Waals surface area contributed by atoms with Crippen molar-refractivity contribution in [3.8, 4) is 5.75 Å². The van der Waals surface area contributed by atoms with Crippen molar-refractivity contribution >= 4 is 10.9 Å². The summed E-state index contributed by atoms with van der Waals surface area (Å²) in [5.41, 5.74) is 10.7. The molecule has 0 fully saturated rings. The predicted octanol–water partition coefficient (Wildman–Crippen LogP) is 3.44. The van der Waals surface area contributed by atoms with E-state index >= 15 is 0 Å². The Morgan fingerprint density at radius 1 is 1.48 bits per heavy atom. The highest BCUT2D eigenvalue weighted by atomic mass is 16.7. The van der Waals surface area contributed by atoms with E-state index < -0.39 is 0 Å². The van der Waals surface area contributed by atoms with Gasteiger partial charge in [-0.3, -0.25) is 4.68 Å². The first-order valence-corrected chi connectivity index (χ1v) is 8.53. The van der Waals surface area contributed by atoms with E-state index in [0.717, 1.165) is 28.6 Å². The maximum atomic E-state index is 8.61. The van der Waals surface area contributed by atoms with Crippen LogP contribution >= 0.6 is 0 Å². The number of hydrogen-bond donors (Lipinski definition) is 0. The molecule has 2 aromatic rings. The fourth-order valence-electron chi connectivity index (χ4n) is 3.18. The Morgan fingerprint density at radius 2 is 2.32 bits per heavy atom. The molecule has 0 amide bonds. The molecule has 3 rings (SSSR count). The molecule has 0 radical (unpaired) electrons. The van der Waals surface area contributed by atoms with E-state index in [4.69, 9.17) is 19.7 Å². The molecule has 1 aliphatic rings. The monoisotopic (exact) mass is 345 g/mol. The molecule has 8 heteroatoms. The Balaban J connectivity index is 1.88. The summed E-state index contributed by atoms with van der Waals surface area (Å²) in [5, 5.41) is 9.23. The molecule has 25 heavy (non-hydrogen) atoms. The third-order valence-corrected chi connectivity index (χ3v) is 4.19. The lowest BCUT2D eigenvalue weighted by Crippen LogP contribution is -2.33. The predicted molar refractivity (Wildman–Crippen MR) is 93.5 cm³/mol. The van der Waals surface area contributed by atoms with Gasteiger partial charge in [-0.15, -0.1) is 0 Å². The first kappa shape index (κ1) is 17.5. The number of benzene rings is 1. The average molecular weight is 345 g/mol. The molecule has 0 aliphatic carbocycles. The van der Waals surface area contributed by atoms with Crippen LogP contribution in [0.15, 0.2) is 23.4 Å². The van der Waals surface area contributed by atoms with Crippen molar-refractivity contribution < 1.29 is 14.2 Å². The van der Waals surface area contributed by atoms with Crippen molar-refractivity contribution in [2.75, 3.05) is 13.2 Å². The molecule has 2 unspecified atom stereocenters. The van der Waals surface area contributed by atoms with Crippen LogP contribution in [0.5, 0.6) is 5.75 Å². The maximum absolute atomic E-state index is 8.61. The first-order valence-electron chi connectivity index (χ1n) is 8.53. The minimum absolute atomic E-state index is 0.0717. The van der Waals surface area contributed by atoms with Gasteiger partial charge >= 0.3 is 0 Å². The van der Waals surface area contributed by atoms with Crippen LogP contribution < -0.4 is 4.74 Å². The van der Waals surface area contributed by atoms with Crippen molar-refractivity contribution in [2.24, 2.45) is 5.11 Å². The topological polar surface area (TPSA) is 94.3 Å². The Hall–Kier alpha value is -2.28. The number of rotatable bonds is 7. The number of ether oxygens (including phenoxy) is 3. The molecule has 0 bridgehead atoms. The van der Waals surface area contributed by atoms with Gasteiger partial charge in [-0.1, -0.05) is 12.0 Å². The summed E-state index contributed by atoms with van der Waals surface area (Å²) in [7, 11) is 0. The van der Waals surface area contributed by atoms with E-state index in [9.17, 15) is 0 Å². The van der Waals surface area contributed by atoms with Gasteiger partial charge in [0.05, 0.1) is 23.9 Å². The zero-order chi connectivity index (χ0) is 17.8. The summed E-state index contributed by atoms with van der Waals surface area (Å²) >= 11 is 0. The fraction of sp³-hybridized carbons (Fsp3) is 0.588. The van der Waals surface area contributed by atoms with Crippen LogP contribution in [0.4, 0.5) is 0 Å². The zero-order valence-corrected chi connectivity index (χ0v) is 14.8. The van der Waals surface area contributed by atoms with Gasteiger partial charge in [0.1, 0.15) is 12.4 Å². The summed E-state index contributed by atoms with van der Waals surface area (Å²) in [6, 6.07) is 3.79. The van der Waals surface area contributed by atoms with Crippen molar-refractivity contribution in [1.29, 1.82) is 0 Å². The Kier molecular flexibility index (Phi) is 5.43. The third-order valence-electron chi connectivity index (χ3n) is 4.19. The summed E-state index contributed by atoms with van der Waals surface area (Å²) < 4.78 is 19.2. The van der Waals surface area contributed by atoms with Gasteiger partial charge in [-0.25, -0.2) is 0 Å². The molecule has 1 aromatic carbocycles. The van der Waals surface area contributed by atoms with Crippen LogP contribution in [0.25, 0.3) is 21.3 Å². The molecule has 1 aromatic heterocycles. The van der Waals surface area contributed by atoms with Crippen LogP contribution in [0.3, 0.4) is 0 Å². The molecule has 134 valence electrons. The number of nitrogens with zero attached hydrogens (tertiary/aromatic N) is 5. The standard InChI is InChI=1S/C17H23N5O3/c1-4-23-12(3)25-14-7-15-16(24-10-14)6-5-13-8-19-22(17(13)15)9-11(2)20-21-18/h5-6,8,11-12,14H,4,7,9-10H2,1-3H3/t11-,12?,14?/m1/s1. The highest BCUT2D eigenvalue weighted by Gasteiger charge is 2.26. The second kappa shape index (κ2) is 7.74. The maximum Gasteiger partial charge on any atom is 0.155 e. The molecule has 0 saturated carbocycles. The van der Waals surface area contributed by atoms with Gasteiger partial charge in [0.25, 0.3) is 0 Å². The molecule has 3 atom stereocenters. The Bertz CT molecular complexity index is 784. The van der Waals surface area contributed by atoms with Crippen LogP contribution in [0.2, 0.25) is 0 Å². The van der Waals surface area contributed by atoms with Crippen molar-refractivity contribution in [1.82, 2.24) is 9.78 Å². The molecular formula is C17H23N5O3. The van der Waals surface area contributed by atoms with Gasteiger partial charge in [0.2, 0.25) is 0 Å². The van der Waals surface area contributed by atoms with Crippen LogP contribution in [0.1, 0.15) is 26.3 Å². The molecule has 1 aliphatic heterocycles. The normalized spacial score (nSPS) is 18.9. The molecule has 8 nitrogen and oxygen atoms in total. The Labute approximate surface area is 146 Å². The van der Waals surface area contributed by atoms with Gasteiger partial charge in [0, 0.05) is 35.4 Å². The molecular weight excluding hydrogens is 322 g/mol. The van der Waals surface area contributed by atoms with Gasteiger partial charge in [-0.05, 0) is 31.5 Å². The first-order chi connectivity index (χ1) is 12.1. The van der Waals surface area contributed by atoms with E-state index in [1.54, 1.807) is 0 Å². The van der Waals surface area contributed by atoms with Crippen molar-refractivity contribution in [3.05, 3.63) is 34.3 Å². The highest BCUT2D eigenvalue weighted by molar-refractivity contribution is 5.84. The van der Waals surface area contributed by atoms with Gasteiger partial charge in [0.15, 0.2) is 6.29 Å². The van der Waals surface area contributed by atoms with Crippen molar-refractivity contribution in [2.45, 2.75) is 52.2 Å². The molecule has 0 N–H and O–H groups in total. The minimum atomic E-state index is -0.269. The van der Waals surface area contributed by atoms with E-state index in [2.05, 4.69) is 15.1 Å². The van der Waals surface area contributed by atoms with E-state index in [0.29, 0.717) is 19.8 Å². The lowest BCUT2D eigenvalue weighted by molar-refractivity contribution is -0.165. The molecule has 0 saturated heterocycles. The van der Waals surface area contributed by atoms with E-state index in [-0.39, 0.29) is 18.4 Å². The zero-order valence-electron chi connectivity index (χ0n) is 14.8. The highest BCUT2D eigenvalue weighted by Crippen LogP contribution is 2.33. The average Bonchev–Trinajstić information content (AvgIpc) is 2.98. The van der Waals surface area contributed by atoms with Crippen LogP contribution in [0, 0.1) is 0 Å². The summed E-state index contributed by atoms with van der Waals surface area (Å²) in [6.45, 7) is 7.34.